The lowest BCUT2D eigenvalue weighted by atomic mass is 9.71. The van der Waals surface area contributed by atoms with E-state index >= 15 is 0 Å². The Bertz CT molecular complexity index is 1080. The van der Waals surface area contributed by atoms with Crippen LogP contribution in [0.5, 0.6) is 5.75 Å². The van der Waals surface area contributed by atoms with E-state index < -0.39 is 17.6 Å². The van der Waals surface area contributed by atoms with Crippen LogP contribution in [0.3, 0.4) is 0 Å². The molecule has 2 unspecified atom stereocenters. The number of aliphatic hydroxyl groups excluding tert-OH is 1. The number of para-hydroxylation sites is 1. The molecule has 3 aromatic rings. The van der Waals surface area contributed by atoms with Crippen LogP contribution in [-0.4, -0.2) is 34.2 Å². The third kappa shape index (κ3) is 3.83. The van der Waals surface area contributed by atoms with Gasteiger partial charge in [0.2, 0.25) is 0 Å². The standard InChI is InChI=1S/C29H31NO4/c31-27-16-15-25-17-28(27)30(18-24-13-7-8-14-26(24)34-28)21-29(25,32-19-22-9-3-1-4-10-22)33-20-23-11-5-2-6-12-23/h1-14,25,27,31H,15-21H2/t25?,27-,28?/m0/s1. The van der Waals surface area contributed by atoms with Crippen LogP contribution < -0.4 is 4.74 Å². The second kappa shape index (κ2) is 8.82. The molecule has 0 aromatic heterocycles. The van der Waals surface area contributed by atoms with Gasteiger partial charge >= 0.3 is 0 Å². The molecular weight excluding hydrogens is 426 g/mol. The number of piperidine rings is 1. The van der Waals surface area contributed by atoms with Gasteiger partial charge in [-0.1, -0.05) is 78.9 Å². The molecule has 176 valence electrons. The fourth-order valence-electron chi connectivity index (χ4n) is 5.84. The maximum Gasteiger partial charge on any atom is 0.190 e. The lowest BCUT2D eigenvalue weighted by Crippen LogP contribution is -2.74. The Morgan fingerprint density at radius 3 is 2.12 bits per heavy atom. The van der Waals surface area contributed by atoms with Crippen LogP contribution >= 0.6 is 0 Å². The number of hydrogen-bond donors (Lipinski definition) is 1. The summed E-state index contributed by atoms with van der Waals surface area (Å²) in [6, 6.07) is 28.7. The Labute approximate surface area is 200 Å². The fraction of sp³-hybridized carbons (Fsp3) is 0.379. The van der Waals surface area contributed by atoms with Crippen molar-refractivity contribution in [1.82, 2.24) is 4.90 Å². The summed E-state index contributed by atoms with van der Waals surface area (Å²) in [5.41, 5.74) is 2.65. The van der Waals surface area contributed by atoms with Gasteiger partial charge in [0.05, 0.1) is 19.8 Å². The molecule has 1 N–H and O–H groups in total. The molecule has 1 spiro atoms. The minimum absolute atomic E-state index is 0.116. The van der Waals surface area contributed by atoms with Crippen LogP contribution in [0.25, 0.3) is 0 Å². The molecule has 2 fully saturated rings. The predicted molar refractivity (Wildman–Crippen MR) is 129 cm³/mol. The molecule has 3 aliphatic rings. The van der Waals surface area contributed by atoms with Crippen molar-refractivity contribution in [3.63, 3.8) is 0 Å². The third-order valence-corrected chi connectivity index (χ3v) is 7.69. The van der Waals surface area contributed by atoms with Crippen molar-refractivity contribution in [3.8, 4) is 5.75 Å². The third-order valence-electron chi connectivity index (χ3n) is 7.69. The summed E-state index contributed by atoms with van der Waals surface area (Å²) in [5.74, 6) is 0.205. The maximum atomic E-state index is 11.2. The van der Waals surface area contributed by atoms with Crippen LogP contribution in [0.4, 0.5) is 0 Å². The van der Waals surface area contributed by atoms with E-state index in [2.05, 4.69) is 35.2 Å². The smallest absolute Gasteiger partial charge is 0.190 e. The van der Waals surface area contributed by atoms with Crippen molar-refractivity contribution in [2.45, 2.75) is 56.6 Å². The maximum absolute atomic E-state index is 11.2. The van der Waals surface area contributed by atoms with Crippen molar-refractivity contribution in [2.75, 3.05) is 6.54 Å². The van der Waals surface area contributed by atoms with E-state index in [1.54, 1.807) is 0 Å². The largest absolute Gasteiger partial charge is 0.469 e. The van der Waals surface area contributed by atoms with Gasteiger partial charge in [-0.25, -0.2) is 0 Å². The summed E-state index contributed by atoms with van der Waals surface area (Å²) < 4.78 is 20.1. The molecule has 2 bridgehead atoms. The first-order valence-corrected chi connectivity index (χ1v) is 12.2. The van der Waals surface area contributed by atoms with E-state index in [0.29, 0.717) is 39.1 Å². The predicted octanol–water partition coefficient (Wildman–Crippen LogP) is 4.88. The zero-order valence-corrected chi connectivity index (χ0v) is 19.3. The summed E-state index contributed by atoms with van der Waals surface area (Å²) in [4.78, 5) is 2.26. The summed E-state index contributed by atoms with van der Waals surface area (Å²) in [6.07, 6.45) is 1.63. The first-order chi connectivity index (χ1) is 16.7. The van der Waals surface area contributed by atoms with Gasteiger partial charge in [-0.15, -0.1) is 0 Å². The summed E-state index contributed by atoms with van der Waals surface area (Å²) in [5, 5.41) is 11.2. The van der Waals surface area contributed by atoms with E-state index in [9.17, 15) is 5.11 Å². The van der Waals surface area contributed by atoms with Gasteiger partial charge in [0.25, 0.3) is 0 Å². The molecule has 5 heteroatoms. The van der Waals surface area contributed by atoms with Gasteiger partial charge in [-0.2, -0.15) is 0 Å². The van der Waals surface area contributed by atoms with Crippen molar-refractivity contribution < 1.29 is 19.3 Å². The van der Waals surface area contributed by atoms with Gasteiger partial charge in [0, 0.05) is 24.4 Å². The number of ether oxygens (including phenoxy) is 3. The number of fused-ring (bicyclic) bond motifs is 2. The molecule has 5 nitrogen and oxygen atoms in total. The monoisotopic (exact) mass is 457 g/mol. The number of hydrogen-bond acceptors (Lipinski definition) is 5. The Balaban J connectivity index is 1.34. The molecule has 2 heterocycles. The van der Waals surface area contributed by atoms with Gasteiger partial charge in [0.15, 0.2) is 11.5 Å². The van der Waals surface area contributed by atoms with Gasteiger partial charge in [0.1, 0.15) is 11.9 Å². The van der Waals surface area contributed by atoms with Crippen molar-refractivity contribution in [3.05, 3.63) is 102 Å². The van der Waals surface area contributed by atoms with Crippen LogP contribution in [-0.2, 0) is 29.2 Å². The highest BCUT2D eigenvalue weighted by molar-refractivity contribution is 5.36. The lowest BCUT2D eigenvalue weighted by molar-refractivity contribution is -0.355. The van der Waals surface area contributed by atoms with E-state index in [0.717, 1.165) is 28.9 Å². The van der Waals surface area contributed by atoms with Gasteiger partial charge in [-0.3, -0.25) is 4.90 Å². The van der Waals surface area contributed by atoms with Crippen LogP contribution in [0, 0.1) is 5.92 Å². The topological polar surface area (TPSA) is 51.2 Å². The molecule has 3 atom stereocenters. The molecule has 0 amide bonds. The van der Waals surface area contributed by atoms with E-state index in [1.807, 2.05) is 54.6 Å². The normalized spacial score (nSPS) is 27.3. The molecule has 34 heavy (non-hydrogen) atoms. The Morgan fingerprint density at radius 1 is 0.824 bits per heavy atom. The van der Waals surface area contributed by atoms with Crippen LogP contribution in [0.15, 0.2) is 84.9 Å². The molecule has 1 aliphatic carbocycles. The number of aliphatic hydroxyl groups is 1. The highest BCUT2D eigenvalue weighted by atomic mass is 16.7. The molecular formula is C29H31NO4. The van der Waals surface area contributed by atoms with Gasteiger partial charge in [-0.05, 0) is 30.0 Å². The zero-order chi connectivity index (χ0) is 23.0. The second-order valence-corrected chi connectivity index (χ2v) is 9.77. The van der Waals surface area contributed by atoms with E-state index in [1.165, 1.54) is 0 Å². The lowest BCUT2D eigenvalue weighted by Gasteiger charge is -2.61. The van der Waals surface area contributed by atoms with Crippen LogP contribution in [0.1, 0.15) is 36.0 Å². The summed E-state index contributed by atoms with van der Waals surface area (Å²) in [7, 11) is 0. The second-order valence-electron chi connectivity index (χ2n) is 9.77. The SMILES string of the molecule is O[C@H]1CCC2CC13Oc1ccccc1CN3CC2(OCc1ccccc1)OCc1ccccc1. The molecule has 1 saturated heterocycles. The Morgan fingerprint density at radius 2 is 1.44 bits per heavy atom. The molecule has 0 radical (unpaired) electrons. The summed E-state index contributed by atoms with van der Waals surface area (Å²) in [6.45, 7) is 2.20. The Kier molecular flexibility index (Phi) is 5.66. The zero-order valence-electron chi connectivity index (χ0n) is 19.3. The van der Waals surface area contributed by atoms with E-state index in [-0.39, 0.29) is 5.92 Å². The van der Waals surface area contributed by atoms with Crippen molar-refractivity contribution >= 4 is 0 Å². The molecule has 2 aliphatic heterocycles. The van der Waals surface area contributed by atoms with Crippen LogP contribution in [0.2, 0.25) is 0 Å². The number of benzene rings is 3. The van der Waals surface area contributed by atoms with Crippen molar-refractivity contribution in [2.24, 2.45) is 5.92 Å². The first kappa shape index (κ1) is 21.8. The molecule has 3 aromatic carbocycles. The number of nitrogens with zero attached hydrogens (tertiary/aromatic N) is 1. The average Bonchev–Trinajstić information content (AvgIpc) is 2.89. The fourth-order valence-corrected chi connectivity index (χ4v) is 5.84. The highest BCUT2D eigenvalue weighted by Crippen LogP contribution is 2.52. The molecule has 6 rings (SSSR count). The quantitative estimate of drug-likeness (QED) is 0.535. The average molecular weight is 458 g/mol. The minimum atomic E-state index is -0.787. The van der Waals surface area contributed by atoms with Gasteiger partial charge < -0.3 is 19.3 Å². The Hall–Kier alpha value is -2.70. The van der Waals surface area contributed by atoms with Crippen molar-refractivity contribution in [1.29, 1.82) is 0 Å². The number of rotatable bonds is 6. The highest BCUT2D eigenvalue weighted by Gasteiger charge is 2.63. The minimum Gasteiger partial charge on any atom is -0.469 e. The summed E-state index contributed by atoms with van der Waals surface area (Å²) >= 11 is 0. The first-order valence-electron chi connectivity index (χ1n) is 12.2. The molecule has 1 saturated carbocycles. The van der Waals surface area contributed by atoms with E-state index in [4.69, 9.17) is 14.2 Å².